The first-order valence-corrected chi connectivity index (χ1v) is 8.37. The van der Waals surface area contributed by atoms with Gasteiger partial charge < -0.3 is 10.6 Å². The maximum absolute atomic E-state index is 13.1. The number of aryl methyl sites for hydroxylation is 1. The topological polar surface area (TPSA) is 36.4 Å². The zero-order valence-electron chi connectivity index (χ0n) is 12.8. The van der Waals surface area contributed by atoms with Crippen LogP contribution < -0.4 is 10.6 Å². The van der Waals surface area contributed by atoms with E-state index in [1.807, 2.05) is 6.07 Å². The Kier molecular flexibility index (Phi) is 6.90. The molecular weight excluding hydrogens is 297 g/mol. The third-order valence-electron chi connectivity index (χ3n) is 3.29. The third-order valence-corrected chi connectivity index (χ3v) is 4.23. The smallest absolute Gasteiger partial charge is 0.190 e. The molecular formula is C17H22FN3S. The lowest BCUT2D eigenvalue weighted by molar-refractivity contribution is 0.624. The van der Waals surface area contributed by atoms with Gasteiger partial charge >= 0.3 is 0 Å². The van der Waals surface area contributed by atoms with E-state index in [0.717, 1.165) is 43.9 Å². The Morgan fingerprint density at radius 3 is 2.73 bits per heavy atom. The molecule has 1 heterocycles. The average Bonchev–Trinajstić information content (AvgIpc) is 3.03. The number of nitrogens with one attached hydrogen (secondary N) is 2. The average molecular weight is 319 g/mol. The van der Waals surface area contributed by atoms with Crippen molar-refractivity contribution in [2.24, 2.45) is 4.99 Å². The number of nitrogens with zero attached hydrogens (tertiary/aromatic N) is 1. The van der Waals surface area contributed by atoms with Gasteiger partial charge in [0.25, 0.3) is 0 Å². The molecule has 0 atom stereocenters. The van der Waals surface area contributed by atoms with Gasteiger partial charge in [-0.25, -0.2) is 4.39 Å². The second-order valence-corrected chi connectivity index (χ2v) is 6.02. The van der Waals surface area contributed by atoms with Crippen LogP contribution in [-0.2, 0) is 12.8 Å². The molecule has 1 aromatic heterocycles. The van der Waals surface area contributed by atoms with E-state index in [2.05, 4.69) is 33.1 Å². The maximum atomic E-state index is 13.1. The maximum Gasteiger partial charge on any atom is 0.190 e. The van der Waals surface area contributed by atoms with Gasteiger partial charge in [-0.05, 0) is 48.4 Å². The molecule has 118 valence electrons. The van der Waals surface area contributed by atoms with Crippen LogP contribution >= 0.6 is 11.3 Å². The van der Waals surface area contributed by atoms with Gasteiger partial charge in [-0.2, -0.15) is 0 Å². The number of rotatable bonds is 7. The predicted molar refractivity (Wildman–Crippen MR) is 92.1 cm³/mol. The van der Waals surface area contributed by atoms with E-state index in [1.54, 1.807) is 30.5 Å². The van der Waals surface area contributed by atoms with Gasteiger partial charge in [-0.15, -0.1) is 11.3 Å². The summed E-state index contributed by atoms with van der Waals surface area (Å²) in [7, 11) is 1.77. The highest BCUT2D eigenvalue weighted by molar-refractivity contribution is 7.09. The summed E-state index contributed by atoms with van der Waals surface area (Å²) in [6, 6.07) is 11.0. The summed E-state index contributed by atoms with van der Waals surface area (Å²) < 4.78 is 13.1. The minimum absolute atomic E-state index is 0.170. The van der Waals surface area contributed by atoms with E-state index in [9.17, 15) is 4.39 Å². The summed E-state index contributed by atoms with van der Waals surface area (Å²) in [5.41, 5.74) is 1.03. The van der Waals surface area contributed by atoms with Crippen LogP contribution in [0, 0.1) is 5.82 Å². The molecule has 0 radical (unpaired) electrons. The Morgan fingerprint density at radius 1 is 1.14 bits per heavy atom. The Bertz CT molecular complexity index is 581. The molecule has 2 aromatic rings. The molecule has 0 amide bonds. The van der Waals surface area contributed by atoms with Crippen LogP contribution in [0.4, 0.5) is 4.39 Å². The molecule has 2 N–H and O–H groups in total. The molecule has 0 unspecified atom stereocenters. The number of hydrogen-bond acceptors (Lipinski definition) is 2. The van der Waals surface area contributed by atoms with Crippen molar-refractivity contribution < 1.29 is 4.39 Å². The first kappa shape index (κ1) is 16.5. The minimum Gasteiger partial charge on any atom is -0.356 e. The second kappa shape index (κ2) is 9.20. The fourth-order valence-corrected chi connectivity index (χ4v) is 2.88. The molecule has 2 rings (SSSR count). The highest BCUT2D eigenvalue weighted by Gasteiger charge is 1.99. The quantitative estimate of drug-likeness (QED) is 0.467. The molecule has 0 spiro atoms. The van der Waals surface area contributed by atoms with Crippen molar-refractivity contribution in [1.82, 2.24) is 10.6 Å². The fourth-order valence-electron chi connectivity index (χ4n) is 2.17. The van der Waals surface area contributed by atoms with Crippen LogP contribution in [0.5, 0.6) is 0 Å². The van der Waals surface area contributed by atoms with E-state index >= 15 is 0 Å². The fraction of sp³-hybridized carbons (Fsp3) is 0.353. The molecule has 0 aliphatic rings. The standard InChI is InChI=1S/C17H22FN3S/c1-19-17(21-11-9-16-8-4-12-22-16)20-10-3-6-14-5-2-7-15(18)13-14/h2,4-5,7-8,12-13H,3,6,9-11H2,1H3,(H2,19,20,21). The van der Waals surface area contributed by atoms with Crippen molar-refractivity contribution in [3.63, 3.8) is 0 Å². The van der Waals surface area contributed by atoms with Crippen molar-refractivity contribution in [2.75, 3.05) is 20.1 Å². The highest BCUT2D eigenvalue weighted by atomic mass is 32.1. The lowest BCUT2D eigenvalue weighted by atomic mass is 10.1. The summed E-state index contributed by atoms with van der Waals surface area (Å²) in [6.07, 6.45) is 2.80. The normalized spacial score (nSPS) is 11.5. The molecule has 0 fully saturated rings. The second-order valence-electron chi connectivity index (χ2n) is 4.99. The van der Waals surface area contributed by atoms with Gasteiger partial charge in [-0.3, -0.25) is 4.99 Å². The first-order chi connectivity index (χ1) is 10.8. The van der Waals surface area contributed by atoms with Crippen molar-refractivity contribution in [1.29, 1.82) is 0 Å². The van der Waals surface area contributed by atoms with Crippen molar-refractivity contribution >= 4 is 17.3 Å². The van der Waals surface area contributed by atoms with Crippen LogP contribution in [0.3, 0.4) is 0 Å². The molecule has 0 saturated carbocycles. The molecule has 0 aliphatic carbocycles. The van der Waals surface area contributed by atoms with E-state index in [4.69, 9.17) is 0 Å². The van der Waals surface area contributed by atoms with Gasteiger partial charge in [0.1, 0.15) is 5.82 Å². The van der Waals surface area contributed by atoms with Gasteiger partial charge in [-0.1, -0.05) is 18.2 Å². The number of aliphatic imine (C=N–C) groups is 1. The van der Waals surface area contributed by atoms with E-state index in [-0.39, 0.29) is 5.82 Å². The number of guanidine groups is 1. The van der Waals surface area contributed by atoms with Crippen LogP contribution in [0.2, 0.25) is 0 Å². The number of benzene rings is 1. The third kappa shape index (κ3) is 5.85. The first-order valence-electron chi connectivity index (χ1n) is 7.49. The van der Waals surface area contributed by atoms with Crippen LogP contribution in [0.15, 0.2) is 46.8 Å². The SMILES string of the molecule is CN=C(NCCCc1cccc(F)c1)NCCc1cccs1. The Labute approximate surface area is 135 Å². The Balaban J connectivity index is 1.62. The molecule has 0 bridgehead atoms. The van der Waals surface area contributed by atoms with Crippen molar-refractivity contribution in [3.05, 3.63) is 58.0 Å². The Morgan fingerprint density at radius 2 is 2.00 bits per heavy atom. The predicted octanol–water partition coefficient (Wildman–Crippen LogP) is 3.23. The summed E-state index contributed by atoms with van der Waals surface area (Å²) in [4.78, 5) is 5.57. The molecule has 22 heavy (non-hydrogen) atoms. The zero-order chi connectivity index (χ0) is 15.6. The minimum atomic E-state index is -0.170. The van der Waals surface area contributed by atoms with E-state index in [1.165, 1.54) is 10.9 Å². The summed E-state index contributed by atoms with van der Waals surface area (Å²) in [5.74, 6) is 0.646. The van der Waals surface area contributed by atoms with Crippen LogP contribution in [-0.4, -0.2) is 26.1 Å². The van der Waals surface area contributed by atoms with Gasteiger partial charge in [0, 0.05) is 25.0 Å². The zero-order valence-corrected chi connectivity index (χ0v) is 13.6. The largest absolute Gasteiger partial charge is 0.356 e. The van der Waals surface area contributed by atoms with Crippen LogP contribution in [0.1, 0.15) is 16.9 Å². The lowest BCUT2D eigenvalue weighted by Gasteiger charge is -2.11. The number of hydrogen-bond donors (Lipinski definition) is 2. The summed E-state index contributed by atoms with van der Waals surface area (Å²) >= 11 is 1.77. The highest BCUT2D eigenvalue weighted by Crippen LogP contribution is 2.08. The van der Waals surface area contributed by atoms with Gasteiger partial charge in [0.15, 0.2) is 5.96 Å². The van der Waals surface area contributed by atoms with Gasteiger partial charge in [0.2, 0.25) is 0 Å². The van der Waals surface area contributed by atoms with E-state index < -0.39 is 0 Å². The summed E-state index contributed by atoms with van der Waals surface area (Å²) in [5, 5.41) is 8.68. The van der Waals surface area contributed by atoms with Crippen molar-refractivity contribution in [2.45, 2.75) is 19.3 Å². The van der Waals surface area contributed by atoms with Crippen molar-refractivity contribution in [3.8, 4) is 0 Å². The lowest BCUT2D eigenvalue weighted by Crippen LogP contribution is -2.38. The van der Waals surface area contributed by atoms with E-state index in [0.29, 0.717) is 0 Å². The monoisotopic (exact) mass is 319 g/mol. The molecule has 3 nitrogen and oxygen atoms in total. The Hall–Kier alpha value is -1.88. The molecule has 1 aromatic carbocycles. The molecule has 0 saturated heterocycles. The number of thiophene rings is 1. The number of halogens is 1. The summed E-state index contributed by atoms with van der Waals surface area (Å²) in [6.45, 7) is 1.68. The van der Waals surface area contributed by atoms with Crippen LogP contribution in [0.25, 0.3) is 0 Å². The molecule has 0 aliphatic heterocycles. The molecule has 5 heteroatoms. The van der Waals surface area contributed by atoms with Gasteiger partial charge in [0.05, 0.1) is 0 Å².